The summed E-state index contributed by atoms with van der Waals surface area (Å²) in [5.74, 6) is 0.103. The minimum Gasteiger partial charge on any atom is -0.463 e. The van der Waals surface area contributed by atoms with Gasteiger partial charge in [0, 0.05) is 6.07 Å². The van der Waals surface area contributed by atoms with E-state index >= 15 is 0 Å². The molecular formula is C21H18F3N5O2. The van der Waals surface area contributed by atoms with Gasteiger partial charge in [-0.15, -0.1) is 0 Å². The molecule has 0 saturated carbocycles. The number of aromatic amines is 1. The van der Waals surface area contributed by atoms with E-state index in [1.165, 1.54) is 12.3 Å². The second-order valence-corrected chi connectivity index (χ2v) is 7.00. The summed E-state index contributed by atoms with van der Waals surface area (Å²) in [5.41, 5.74) is 2.10. The van der Waals surface area contributed by atoms with Gasteiger partial charge < -0.3 is 9.73 Å². The number of halogens is 3. The molecule has 0 radical (unpaired) electrons. The molecule has 1 aromatic carbocycles. The third kappa shape index (κ3) is 4.23. The monoisotopic (exact) mass is 429 g/mol. The number of furan rings is 1. The summed E-state index contributed by atoms with van der Waals surface area (Å²) < 4.78 is 45.7. The Labute approximate surface area is 174 Å². The van der Waals surface area contributed by atoms with Crippen LogP contribution in [0.15, 0.2) is 53.1 Å². The molecule has 0 spiro atoms. The van der Waals surface area contributed by atoms with Crippen molar-refractivity contribution in [2.45, 2.75) is 26.6 Å². The van der Waals surface area contributed by atoms with Crippen molar-refractivity contribution in [3.63, 3.8) is 0 Å². The van der Waals surface area contributed by atoms with Gasteiger partial charge in [-0.3, -0.25) is 14.6 Å². The highest BCUT2D eigenvalue weighted by molar-refractivity contribution is 6.04. The zero-order valence-electron chi connectivity index (χ0n) is 16.6. The van der Waals surface area contributed by atoms with Crippen LogP contribution in [-0.4, -0.2) is 25.9 Å². The molecule has 4 aromatic rings. The quantitative estimate of drug-likeness (QED) is 0.477. The Bertz CT molecular complexity index is 1220. The van der Waals surface area contributed by atoms with Crippen LogP contribution < -0.4 is 5.32 Å². The molecule has 2 N–H and O–H groups in total. The lowest BCUT2D eigenvalue weighted by Gasteiger charge is -2.10. The number of anilines is 1. The summed E-state index contributed by atoms with van der Waals surface area (Å²) in [6.45, 7) is 3.59. The summed E-state index contributed by atoms with van der Waals surface area (Å²) in [5, 5.41) is 13.9. The minimum atomic E-state index is -4.41. The Morgan fingerprint density at radius 3 is 2.71 bits per heavy atom. The van der Waals surface area contributed by atoms with Crippen molar-refractivity contribution in [1.82, 2.24) is 20.0 Å². The number of aryl methyl sites for hydroxylation is 1. The molecule has 160 valence electrons. The fraction of sp³-hybridized carbons (Fsp3) is 0.190. The van der Waals surface area contributed by atoms with Gasteiger partial charge in [-0.05, 0) is 43.7 Å². The zero-order chi connectivity index (χ0) is 22.2. The molecule has 10 heteroatoms. The van der Waals surface area contributed by atoms with E-state index in [1.54, 1.807) is 42.8 Å². The van der Waals surface area contributed by atoms with Crippen molar-refractivity contribution in [2.24, 2.45) is 0 Å². The molecule has 0 unspecified atom stereocenters. The van der Waals surface area contributed by atoms with E-state index in [0.29, 0.717) is 34.1 Å². The van der Waals surface area contributed by atoms with Crippen molar-refractivity contribution in [1.29, 1.82) is 0 Å². The van der Waals surface area contributed by atoms with E-state index in [4.69, 9.17) is 4.42 Å². The first-order valence-electron chi connectivity index (χ1n) is 9.33. The lowest BCUT2D eigenvalue weighted by molar-refractivity contribution is -0.137. The smallest absolute Gasteiger partial charge is 0.416 e. The molecule has 4 rings (SSSR count). The fourth-order valence-electron chi connectivity index (χ4n) is 3.22. The fourth-order valence-corrected chi connectivity index (χ4v) is 3.22. The summed E-state index contributed by atoms with van der Waals surface area (Å²) in [6.07, 6.45) is -2.90. The molecule has 0 atom stereocenters. The Balaban J connectivity index is 1.53. The van der Waals surface area contributed by atoms with Crippen molar-refractivity contribution >= 4 is 11.6 Å². The summed E-state index contributed by atoms with van der Waals surface area (Å²) in [6, 6.07) is 10.1. The normalized spacial score (nSPS) is 11.6. The number of alkyl halides is 3. The van der Waals surface area contributed by atoms with Crippen molar-refractivity contribution in [3.8, 4) is 11.5 Å². The van der Waals surface area contributed by atoms with Crippen LogP contribution >= 0.6 is 0 Å². The Morgan fingerprint density at radius 1 is 1.19 bits per heavy atom. The van der Waals surface area contributed by atoms with Crippen molar-refractivity contribution in [2.75, 3.05) is 5.32 Å². The molecule has 3 heterocycles. The summed E-state index contributed by atoms with van der Waals surface area (Å²) in [4.78, 5) is 12.6. The Hall–Kier alpha value is -3.82. The highest BCUT2D eigenvalue weighted by atomic mass is 19.4. The molecule has 1 amide bonds. The van der Waals surface area contributed by atoms with Crippen LogP contribution in [0.5, 0.6) is 0 Å². The number of amides is 1. The van der Waals surface area contributed by atoms with E-state index < -0.39 is 17.6 Å². The average Bonchev–Trinajstić information content (AvgIpc) is 3.45. The van der Waals surface area contributed by atoms with Gasteiger partial charge in [-0.1, -0.05) is 12.1 Å². The minimum absolute atomic E-state index is 0.136. The molecule has 0 bridgehead atoms. The first-order chi connectivity index (χ1) is 14.7. The SMILES string of the molecule is Cc1nn(Cc2cccc(C(F)(F)F)c2)c(C)c1NC(=O)c1cc(-c2ccco2)[nH]n1. The first kappa shape index (κ1) is 20.5. The number of H-pyrrole nitrogens is 1. The third-order valence-electron chi connectivity index (χ3n) is 4.80. The van der Waals surface area contributed by atoms with E-state index in [9.17, 15) is 18.0 Å². The van der Waals surface area contributed by atoms with Gasteiger partial charge in [0.2, 0.25) is 0 Å². The average molecular weight is 429 g/mol. The van der Waals surface area contributed by atoms with Gasteiger partial charge in [0.25, 0.3) is 5.91 Å². The molecule has 3 aromatic heterocycles. The number of nitrogens with one attached hydrogen (secondary N) is 2. The number of hydrogen-bond acceptors (Lipinski definition) is 4. The van der Waals surface area contributed by atoms with Crippen molar-refractivity contribution in [3.05, 3.63) is 76.9 Å². The predicted octanol–water partition coefficient (Wildman–Crippen LogP) is 4.80. The van der Waals surface area contributed by atoms with Crippen LogP contribution in [0, 0.1) is 13.8 Å². The second kappa shape index (κ2) is 7.78. The second-order valence-electron chi connectivity index (χ2n) is 7.00. The molecule has 7 nitrogen and oxygen atoms in total. The van der Waals surface area contributed by atoms with Crippen LogP contribution in [0.2, 0.25) is 0 Å². The maximum Gasteiger partial charge on any atom is 0.416 e. The number of nitrogens with zero attached hydrogens (tertiary/aromatic N) is 3. The Kier molecular flexibility index (Phi) is 5.14. The van der Waals surface area contributed by atoms with Crippen LogP contribution in [0.1, 0.15) is 33.0 Å². The topological polar surface area (TPSA) is 88.7 Å². The maximum absolute atomic E-state index is 13.0. The highest BCUT2D eigenvalue weighted by Gasteiger charge is 2.30. The van der Waals surface area contributed by atoms with Gasteiger partial charge >= 0.3 is 6.18 Å². The van der Waals surface area contributed by atoms with E-state index in [0.717, 1.165) is 12.1 Å². The van der Waals surface area contributed by atoms with Gasteiger partial charge in [0.15, 0.2) is 11.5 Å². The lowest BCUT2D eigenvalue weighted by atomic mass is 10.1. The van der Waals surface area contributed by atoms with E-state index in [1.807, 2.05) is 0 Å². The molecule has 0 aliphatic carbocycles. The number of rotatable bonds is 5. The Morgan fingerprint density at radius 2 is 2.00 bits per heavy atom. The van der Waals surface area contributed by atoms with E-state index in [2.05, 4.69) is 20.6 Å². The standard InChI is InChI=1S/C21H18F3N5O2/c1-12-19(25-20(30)17-10-16(26-27-17)18-7-4-8-31-18)13(2)29(28-12)11-14-5-3-6-15(9-14)21(22,23)24/h3-10H,11H2,1-2H3,(H,25,30)(H,26,27). The van der Waals surface area contributed by atoms with Gasteiger partial charge in [0.05, 0.1) is 35.4 Å². The predicted molar refractivity (Wildman–Crippen MR) is 106 cm³/mol. The highest BCUT2D eigenvalue weighted by Crippen LogP contribution is 2.30. The molecule has 0 saturated heterocycles. The van der Waals surface area contributed by atoms with Gasteiger partial charge in [-0.25, -0.2) is 0 Å². The van der Waals surface area contributed by atoms with Crippen molar-refractivity contribution < 1.29 is 22.4 Å². The zero-order valence-corrected chi connectivity index (χ0v) is 16.6. The number of aromatic nitrogens is 4. The number of carbonyl (C=O) groups is 1. The maximum atomic E-state index is 13.0. The van der Waals surface area contributed by atoms with E-state index in [-0.39, 0.29) is 12.2 Å². The van der Waals surface area contributed by atoms with Crippen LogP contribution in [0.3, 0.4) is 0 Å². The van der Waals surface area contributed by atoms with Crippen LogP contribution in [-0.2, 0) is 12.7 Å². The first-order valence-corrected chi connectivity index (χ1v) is 9.33. The molecular weight excluding hydrogens is 411 g/mol. The number of benzene rings is 1. The molecule has 31 heavy (non-hydrogen) atoms. The molecule has 0 aliphatic heterocycles. The van der Waals surface area contributed by atoms with Gasteiger partial charge in [-0.2, -0.15) is 23.4 Å². The molecule has 0 fully saturated rings. The summed E-state index contributed by atoms with van der Waals surface area (Å²) >= 11 is 0. The number of hydrogen-bond donors (Lipinski definition) is 2. The lowest BCUT2D eigenvalue weighted by Crippen LogP contribution is -2.14. The summed E-state index contributed by atoms with van der Waals surface area (Å²) in [7, 11) is 0. The van der Waals surface area contributed by atoms with Crippen LogP contribution in [0.4, 0.5) is 18.9 Å². The van der Waals surface area contributed by atoms with Crippen LogP contribution in [0.25, 0.3) is 11.5 Å². The largest absolute Gasteiger partial charge is 0.463 e. The van der Waals surface area contributed by atoms with Gasteiger partial charge in [0.1, 0.15) is 5.69 Å². The molecule has 0 aliphatic rings. The third-order valence-corrected chi connectivity index (χ3v) is 4.80. The number of carbonyl (C=O) groups excluding carboxylic acids is 1.